The maximum absolute atomic E-state index is 3.97. The minimum Gasteiger partial charge on any atom is -0.315 e. The van der Waals surface area contributed by atoms with E-state index in [4.69, 9.17) is 0 Å². The van der Waals surface area contributed by atoms with Crippen LogP contribution in [0.3, 0.4) is 0 Å². The molecule has 0 aromatic carbocycles. The van der Waals surface area contributed by atoms with Gasteiger partial charge >= 0.3 is 0 Å². The number of hydrogen-bond donors (Lipinski definition) is 1. The highest BCUT2D eigenvalue weighted by atomic mass is 15.1. The Kier molecular flexibility index (Phi) is 9.65. The summed E-state index contributed by atoms with van der Waals surface area (Å²) in [5.74, 6) is 0. The highest BCUT2D eigenvalue weighted by Gasteiger charge is 2.01. The van der Waals surface area contributed by atoms with Gasteiger partial charge in [0.1, 0.15) is 0 Å². The zero-order valence-corrected chi connectivity index (χ0v) is 11.7. The van der Waals surface area contributed by atoms with E-state index in [1.807, 2.05) is 0 Å². The van der Waals surface area contributed by atoms with Crippen LogP contribution in [0, 0.1) is 0 Å². The fourth-order valence-electron chi connectivity index (χ4n) is 1.76. The van der Waals surface area contributed by atoms with E-state index >= 15 is 0 Å². The second-order valence-electron chi connectivity index (χ2n) is 5.00. The van der Waals surface area contributed by atoms with Crippen LogP contribution in [0.25, 0.3) is 0 Å². The van der Waals surface area contributed by atoms with E-state index in [0.29, 0.717) is 6.04 Å². The first kappa shape index (κ1) is 15.7. The van der Waals surface area contributed by atoms with E-state index in [2.05, 4.69) is 44.5 Å². The summed E-state index contributed by atoms with van der Waals surface area (Å²) in [5, 5.41) is 3.45. The quantitative estimate of drug-likeness (QED) is 0.455. The van der Waals surface area contributed by atoms with Crippen LogP contribution < -0.4 is 5.32 Å². The Morgan fingerprint density at radius 1 is 1.25 bits per heavy atom. The van der Waals surface area contributed by atoms with Crippen LogP contribution in [0.5, 0.6) is 0 Å². The molecular weight excluding hydrogens is 196 g/mol. The van der Waals surface area contributed by atoms with Gasteiger partial charge in [0.05, 0.1) is 0 Å². The minimum atomic E-state index is 0.621. The number of hydrogen-bond acceptors (Lipinski definition) is 2. The molecule has 96 valence electrons. The number of rotatable bonds is 10. The van der Waals surface area contributed by atoms with Gasteiger partial charge in [-0.25, -0.2) is 0 Å². The van der Waals surface area contributed by atoms with Crippen molar-refractivity contribution in [3.8, 4) is 0 Å². The molecule has 0 aliphatic carbocycles. The maximum Gasteiger partial charge on any atom is 0.0187 e. The van der Waals surface area contributed by atoms with Crippen molar-refractivity contribution < 1.29 is 0 Å². The largest absolute Gasteiger partial charge is 0.315 e. The van der Waals surface area contributed by atoms with Crippen molar-refractivity contribution in [3.05, 3.63) is 12.2 Å². The molecule has 0 saturated heterocycles. The van der Waals surface area contributed by atoms with E-state index in [-0.39, 0.29) is 0 Å². The summed E-state index contributed by atoms with van der Waals surface area (Å²) in [6.45, 7) is 17.3. The van der Waals surface area contributed by atoms with Crippen molar-refractivity contribution in [2.24, 2.45) is 0 Å². The predicted octanol–water partition coefficient (Wildman–Crippen LogP) is 3.05. The SMILES string of the molecule is C=C(C)CN(CC)CCCCCNC(C)C. The maximum atomic E-state index is 3.97. The molecule has 0 fully saturated rings. The Bertz CT molecular complexity index is 176. The summed E-state index contributed by atoms with van der Waals surface area (Å²) in [4.78, 5) is 2.47. The number of nitrogens with one attached hydrogen (secondary N) is 1. The highest BCUT2D eigenvalue weighted by molar-refractivity contribution is 4.91. The fourth-order valence-corrected chi connectivity index (χ4v) is 1.76. The summed E-state index contributed by atoms with van der Waals surface area (Å²) >= 11 is 0. The number of nitrogens with zero attached hydrogens (tertiary/aromatic N) is 1. The molecule has 0 aromatic rings. The van der Waals surface area contributed by atoms with E-state index < -0.39 is 0 Å². The van der Waals surface area contributed by atoms with Gasteiger partial charge in [0.25, 0.3) is 0 Å². The molecule has 0 atom stereocenters. The predicted molar refractivity (Wildman–Crippen MR) is 73.9 cm³/mol. The van der Waals surface area contributed by atoms with Crippen LogP contribution in [-0.4, -0.2) is 37.1 Å². The smallest absolute Gasteiger partial charge is 0.0187 e. The standard InChI is InChI=1S/C14H30N2/c1-6-16(12-13(2)3)11-9-7-8-10-15-14(4)5/h14-15H,2,6-12H2,1,3-5H3. The molecule has 0 aliphatic heterocycles. The molecule has 0 heterocycles. The van der Waals surface area contributed by atoms with Crippen LogP contribution in [0.1, 0.15) is 47.0 Å². The molecule has 2 heteroatoms. The molecule has 0 aromatic heterocycles. The molecule has 0 bridgehead atoms. The molecule has 0 spiro atoms. The van der Waals surface area contributed by atoms with Gasteiger partial charge in [-0.2, -0.15) is 0 Å². The molecule has 0 radical (unpaired) electrons. The lowest BCUT2D eigenvalue weighted by atomic mass is 10.2. The molecule has 16 heavy (non-hydrogen) atoms. The van der Waals surface area contributed by atoms with Gasteiger partial charge in [0.2, 0.25) is 0 Å². The molecule has 0 amide bonds. The third-order valence-electron chi connectivity index (χ3n) is 2.64. The first-order valence-electron chi connectivity index (χ1n) is 6.66. The molecular formula is C14H30N2. The van der Waals surface area contributed by atoms with E-state index in [9.17, 15) is 0 Å². The normalized spacial score (nSPS) is 11.4. The van der Waals surface area contributed by atoms with E-state index in [0.717, 1.165) is 19.6 Å². The van der Waals surface area contributed by atoms with Crippen LogP contribution in [0.2, 0.25) is 0 Å². The summed E-state index contributed by atoms with van der Waals surface area (Å²) in [6, 6.07) is 0.621. The summed E-state index contributed by atoms with van der Waals surface area (Å²) in [6.07, 6.45) is 3.93. The summed E-state index contributed by atoms with van der Waals surface area (Å²) < 4.78 is 0. The lowest BCUT2D eigenvalue weighted by Gasteiger charge is -2.20. The van der Waals surface area contributed by atoms with Gasteiger partial charge in [-0.15, -0.1) is 0 Å². The molecule has 1 N–H and O–H groups in total. The average Bonchev–Trinajstić information content (AvgIpc) is 2.20. The summed E-state index contributed by atoms with van der Waals surface area (Å²) in [7, 11) is 0. The van der Waals surface area contributed by atoms with Crippen LogP contribution >= 0.6 is 0 Å². The van der Waals surface area contributed by atoms with Gasteiger partial charge in [-0.1, -0.05) is 39.3 Å². The molecule has 0 saturated carbocycles. The van der Waals surface area contributed by atoms with Crippen molar-refractivity contribution in [2.45, 2.75) is 53.0 Å². The van der Waals surface area contributed by atoms with Gasteiger partial charge in [0, 0.05) is 12.6 Å². The van der Waals surface area contributed by atoms with E-state index in [1.165, 1.54) is 31.4 Å². The van der Waals surface area contributed by atoms with Crippen molar-refractivity contribution in [1.82, 2.24) is 10.2 Å². The Morgan fingerprint density at radius 2 is 1.94 bits per heavy atom. The topological polar surface area (TPSA) is 15.3 Å². The fraction of sp³-hybridized carbons (Fsp3) is 0.857. The molecule has 0 aliphatic rings. The number of unbranched alkanes of at least 4 members (excludes halogenated alkanes) is 2. The third-order valence-corrected chi connectivity index (χ3v) is 2.64. The average molecular weight is 226 g/mol. The zero-order chi connectivity index (χ0) is 12.4. The van der Waals surface area contributed by atoms with E-state index in [1.54, 1.807) is 0 Å². The van der Waals surface area contributed by atoms with Crippen molar-refractivity contribution in [1.29, 1.82) is 0 Å². The first-order chi connectivity index (χ1) is 7.56. The van der Waals surface area contributed by atoms with Crippen LogP contribution in [0.4, 0.5) is 0 Å². The summed E-state index contributed by atoms with van der Waals surface area (Å²) in [5.41, 5.74) is 1.27. The lowest BCUT2D eigenvalue weighted by molar-refractivity contribution is 0.303. The second kappa shape index (κ2) is 9.86. The van der Waals surface area contributed by atoms with Crippen molar-refractivity contribution in [2.75, 3.05) is 26.2 Å². The Balaban J connectivity index is 3.37. The Labute approximate surface area is 102 Å². The van der Waals surface area contributed by atoms with Gasteiger partial charge in [0.15, 0.2) is 0 Å². The first-order valence-corrected chi connectivity index (χ1v) is 6.66. The van der Waals surface area contributed by atoms with Crippen LogP contribution in [0.15, 0.2) is 12.2 Å². The highest BCUT2D eigenvalue weighted by Crippen LogP contribution is 2.01. The third kappa shape index (κ3) is 10.2. The Hall–Kier alpha value is -0.340. The Morgan fingerprint density at radius 3 is 2.44 bits per heavy atom. The molecule has 0 unspecified atom stereocenters. The van der Waals surface area contributed by atoms with Gasteiger partial charge in [-0.3, -0.25) is 4.90 Å². The minimum absolute atomic E-state index is 0.621. The molecule has 2 nitrogen and oxygen atoms in total. The zero-order valence-electron chi connectivity index (χ0n) is 11.7. The van der Waals surface area contributed by atoms with Gasteiger partial charge < -0.3 is 5.32 Å². The van der Waals surface area contributed by atoms with Crippen molar-refractivity contribution in [3.63, 3.8) is 0 Å². The van der Waals surface area contributed by atoms with Crippen LogP contribution in [-0.2, 0) is 0 Å². The number of likely N-dealkylation sites (N-methyl/N-ethyl adjacent to an activating group) is 1. The monoisotopic (exact) mass is 226 g/mol. The molecule has 0 rings (SSSR count). The lowest BCUT2D eigenvalue weighted by Crippen LogP contribution is -2.26. The van der Waals surface area contributed by atoms with Crippen molar-refractivity contribution >= 4 is 0 Å². The second-order valence-corrected chi connectivity index (χ2v) is 5.00. The van der Waals surface area contributed by atoms with Gasteiger partial charge in [-0.05, 0) is 39.4 Å².